The van der Waals surface area contributed by atoms with Crippen molar-refractivity contribution in [3.05, 3.63) is 28.5 Å². The van der Waals surface area contributed by atoms with Crippen molar-refractivity contribution in [1.82, 2.24) is 0 Å². The van der Waals surface area contributed by atoms with Gasteiger partial charge in [0.15, 0.2) is 0 Å². The van der Waals surface area contributed by atoms with E-state index in [1.54, 1.807) is 12.1 Å². The van der Waals surface area contributed by atoms with E-state index in [0.717, 1.165) is 25.0 Å². The highest BCUT2D eigenvalue weighted by Crippen LogP contribution is 2.21. The Hall–Kier alpha value is -0.220. The predicted molar refractivity (Wildman–Crippen MR) is 71.9 cm³/mol. The van der Waals surface area contributed by atoms with Gasteiger partial charge in [0, 0.05) is 6.07 Å². The Kier molecular flexibility index (Phi) is 6.88. The average Bonchev–Trinajstić information content (AvgIpc) is 2.28. The third-order valence-corrected chi connectivity index (χ3v) is 3.17. The lowest BCUT2D eigenvalue weighted by molar-refractivity contribution is 0.303. The highest BCUT2D eigenvalue weighted by Gasteiger charge is 2.00. The molecular weight excluding hydrogens is 291 g/mol. The molecule has 16 heavy (non-hydrogen) atoms. The Labute approximate surface area is 110 Å². The second-order valence-electron chi connectivity index (χ2n) is 3.56. The van der Waals surface area contributed by atoms with Gasteiger partial charge in [-0.3, -0.25) is 0 Å². The van der Waals surface area contributed by atoms with Crippen molar-refractivity contribution >= 4 is 28.6 Å². The molecule has 0 amide bonds. The van der Waals surface area contributed by atoms with Gasteiger partial charge >= 0.3 is 0 Å². The van der Waals surface area contributed by atoms with Crippen molar-refractivity contribution < 1.29 is 9.13 Å². The molecule has 90 valence electrons. The molecule has 1 aromatic rings. The van der Waals surface area contributed by atoms with Gasteiger partial charge in [-0.2, -0.15) is 12.6 Å². The molecular formula is C12H16BrFOS. The molecule has 0 aromatic heterocycles. The zero-order chi connectivity index (χ0) is 11.8. The van der Waals surface area contributed by atoms with Crippen molar-refractivity contribution in [2.75, 3.05) is 12.4 Å². The van der Waals surface area contributed by atoms with Gasteiger partial charge in [-0.25, -0.2) is 4.39 Å². The van der Waals surface area contributed by atoms with Crippen LogP contribution in [-0.4, -0.2) is 12.4 Å². The fourth-order valence-corrected chi connectivity index (χ4v) is 1.79. The largest absolute Gasteiger partial charge is 0.493 e. The molecule has 0 radical (unpaired) electrons. The summed E-state index contributed by atoms with van der Waals surface area (Å²) in [6.07, 6.45) is 4.47. The molecule has 0 saturated heterocycles. The second kappa shape index (κ2) is 7.96. The Morgan fingerprint density at radius 3 is 2.62 bits per heavy atom. The lowest BCUT2D eigenvalue weighted by atomic mass is 10.2. The molecule has 0 atom stereocenters. The van der Waals surface area contributed by atoms with E-state index >= 15 is 0 Å². The zero-order valence-electron chi connectivity index (χ0n) is 9.09. The first-order valence-corrected chi connectivity index (χ1v) is 6.85. The van der Waals surface area contributed by atoms with Gasteiger partial charge in [0.05, 0.1) is 11.1 Å². The molecule has 0 fully saturated rings. The first kappa shape index (κ1) is 13.8. The van der Waals surface area contributed by atoms with Crippen LogP contribution in [0.4, 0.5) is 4.39 Å². The maximum Gasteiger partial charge on any atom is 0.141 e. The van der Waals surface area contributed by atoms with Gasteiger partial charge in [0.25, 0.3) is 0 Å². The Morgan fingerprint density at radius 1 is 1.19 bits per heavy atom. The first-order chi connectivity index (χ1) is 7.74. The lowest BCUT2D eigenvalue weighted by Gasteiger charge is -2.06. The monoisotopic (exact) mass is 306 g/mol. The van der Waals surface area contributed by atoms with Gasteiger partial charge in [-0.05, 0) is 46.7 Å². The molecule has 0 aliphatic carbocycles. The maximum absolute atomic E-state index is 13.1. The summed E-state index contributed by atoms with van der Waals surface area (Å²) >= 11 is 7.25. The fourth-order valence-electron chi connectivity index (χ4n) is 1.32. The molecule has 0 heterocycles. The van der Waals surface area contributed by atoms with Gasteiger partial charge in [0.2, 0.25) is 0 Å². The number of rotatable bonds is 7. The van der Waals surface area contributed by atoms with Crippen LogP contribution in [0.3, 0.4) is 0 Å². The van der Waals surface area contributed by atoms with E-state index in [1.165, 1.54) is 12.5 Å². The molecule has 0 N–H and O–H groups in total. The summed E-state index contributed by atoms with van der Waals surface area (Å²) in [5.74, 6) is 1.25. The topological polar surface area (TPSA) is 9.23 Å². The van der Waals surface area contributed by atoms with E-state index in [0.29, 0.717) is 16.8 Å². The summed E-state index contributed by atoms with van der Waals surface area (Å²) in [5.41, 5.74) is 0. The first-order valence-electron chi connectivity index (χ1n) is 5.43. The van der Waals surface area contributed by atoms with Gasteiger partial charge in [-0.1, -0.05) is 12.8 Å². The molecule has 0 aliphatic rings. The van der Waals surface area contributed by atoms with E-state index in [2.05, 4.69) is 28.6 Å². The number of thiol groups is 1. The summed E-state index contributed by atoms with van der Waals surface area (Å²) in [7, 11) is 0. The van der Waals surface area contributed by atoms with Crippen LogP contribution >= 0.6 is 28.6 Å². The van der Waals surface area contributed by atoms with E-state index in [9.17, 15) is 4.39 Å². The van der Waals surface area contributed by atoms with Crippen LogP contribution in [0.1, 0.15) is 25.7 Å². The van der Waals surface area contributed by atoms with E-state index in [-0.39, 0.29) is 5.82 Å². The Morgan fingerprint density at radius 2 is 1.94 bits per heavy atom. The summed E-state index contributed by atoms with van der Waals surface area (Å²) in [4.78, 5) is 0. The molecule has 0 saturated carbocycles. The normalized spacial score (nSPS) is 10.4. The number of unbranched alkanes of at least 4 members (excludes halogenated alkanes) is 3. The quantitative estimate of drug-likeness (QED) is 0.578. The van der Waals surface area contributed by atoms with Crippen LogP contribution in [0.2, 0.25) is 0 Å². The van der Waals surface area contributed by atoms with Gasteiger partial charge < -0.3 is 4.74 Å². The van der Waals surface area contributed by atoms with Crippen LogP contribution in [-0.2, 0) is 0 Å². The Balaban J connectivity index is 2.19. The molecule has 1 nitrogen and oxygen atoms in total. The summed E-state index contributed by atoms with van der Waals surface area (Å²) in [6, 6.07) is 4.82. The van der Waals surface area contributed by atoms with Crippen molar-refractivity contribution in [1.29, 1.82) is 0 Å². The van der Waals surface area contributed by atoms with Crippen LogP contribution in [0.25, 0.3) is 0 Å². The van der Waals surface area contributed by atoms with Crippen molar-refractivity contribution in [2.24, 2.45) is 0 Å². The van der Waals surface area contributed by atoms with Crippen LogP contribution in [0.5, 0.6) is 5.75 Å². The highest BCUT2D eigenvalue weighted by atomic mass is 79.9. The van der Waals surface area contributed by atoms with Crippen LogP contribution in [0.15, 0.2) is 22.7 Å². The summed E-state index contributed by atoms with van der Waals surface area (Å²) < 4.78 is 19.0. The minimum absolute atomic E-state index is 0.285. The minimum Gasteiger partial charge on any atom is -0.493 e. The molecule has 0 spiro atoms. The Bertz CT molecular complexity index is 320. The zero-order valence-corrected chi connectivity index (χ0v) is 11.6. The lowest BCUT2D eigenvalue weighted by Crippen LogP contribution is -1.97. The van der Waals surface area contributed by atoms with E-state index in [4.69, 9.17) is 4.74 Å². The SMILES string of the molecule is Fc1cc(OCCCCCCS)ccc1Br. The minimum atomic E-state index is -0.285. The number of halogens is 2. The van der Waals surface area contributed by atoms with Crippen molar-refractivity contribution in [3.8, 4) is 5.75 Å². The van der Waals surface area contributed by atoms with Crippen molar-refractivity contribution in [3.63, 3.8) is 0 Å². The van der Waals surface area contributed by atoms with Crippen LogP contribution < -0.4 is 4.74 Å². The third-order valence-electron chi connectivity index (χ3n) is 2.21. The van der Waals surface area contributed by atoms with E-state index in [1.807, 2.05) is 0 Å². The van der Waals surface area contributed by atoms with E-state index < -0.39 is 0 Å². The third kappa shape index (κ3) is 5.21. The number of hydrogen-bond donors (Lipinski definition) is 1. The molecule has 1 aromatic carbocycles. The molecule has 0 aliphatic heterocycles. The number of benzene rings is 1. The van der Waals surface area contributed by atoms with Gasteiger partial charge in [-0.15, -0.1) is 0 Å². The summed E-state index contributed by atoms with van der Waals surface area (Å²) in [6.45, 7) is 0.646. The maximum atomic E-state index is 13.1. The fraction of sp³-hybridized carbons (Fsp3) is 0.500. The smallest absolute Gasteiger partial charge is 0.141 e. The van der Waals surface area contributed by atoms with Gasteiger partial charge in [0.1, 0.15) is 11.6 Å². The number of ether oxygens (including phenoxy) is 1. The molecule has 0 bridgehead atoms. The molecule has 4 heteroatoms. The predicted octanol–water partition coefficient (Wildman–Crippen LogP) is 4.46. The highest BCUT2D eigenvalue weighted by molar-refractivity contribution is 9.10. The molecule has 1 rings (SSSR count). The van der Waals surface area contributed by atoms with Crippen molar-refractivity contribution in [2.45, 2.75) is 25.7 Å². The molecule has 0 unspecified atom stereocenters. The summed E-state index contributed by atoms with van der Waals surface area (Å²) in [5, 5.41) is 0. The second-order valence-corrected chi connectivity index (χ2v) is 4.86. The standard InChI is InChI=1S/C12H16BrFOS/c13-11-6-5-10(9-12(11)14)15-7-3-1-2-4-8-16/h5-6,9,16H,1-4,7-8H2. The number of hydrogen-bond acceptors (Lipinski definition) is 2. The average molecular weight is 307 g/mol. The van der Waals surface area contributed by atoms with Crippen LogP contribution in [0, 0.1) is 5.82 Å².